The van der Waals surface area contributed by atoms with Gasteiger partial charge in [-0.1, -0.05) is 23.7 Å². The average Bonchev–Trinajstić information content (AvgIpc) is 3.21. The number of aryl methyl sites for hydroxylation is 2. The summed E-state index contributed by atoms with van der Waals surface area (Å²) in [5.41, 5.74) is 7.86. The van der Waals surface area contributed by atoms with Gasteiger partial charge in [-0.05, 0) is 75.9 Å². The minimum atomic E-state index is 0.727. The van der Waals surface area contributed by atoms with Gasteiger partial charge in [-0.25, -0.2) is 4.98 Å². The van der Waals surface area contributed by atoms with Crippen LogP contribution in [0.1, 0.15) is 22.5 Å². The van der Waals surface area contributed by atoms with Crippen molar-refractivity contribution < 1.29 is 0 Å². The smallest absolute Gasteiger partial charge is 0.138 e. The Morgan fingerprint density at radius 3 is 2.76 bits per heavy atom. The van der Waals surface area contributed by atoms with Crippen LogP contribution in [0.3, 0.4) is 0 Å². The molecule has 0 spiro atoms. The number of pyridine rings is 1. The number of benzene rings is 1. The highest BCUT2D eigenvalue weighted by atomic mass is 79.9. The Bertz CT molecular complexity index is 1070. The van der Waals surface area contributed by atoms with E-state index >= 15 is 0 Å². The predicted molar refractivity (Wildman–Crippen MR) is 110 cm³/mol. The summed E-state index contributed by atoms with van der Waals surface area (Å²) in [5, 5.41) is 5.04. The lowest BCUT2D eigenvalue weighted by atomic mass is 10.1. The number of halogens is 2. The molecule has 0 radical (unpaired) electrons. The van der Waals surface area contributed by atoms with Crippen LogP contribution in [0.15, 0.2) is 51.6 Å². The van der Waals surface area contributed by atoms with E-state index in [4.69, 9.17) is 16.6 Å². The maximum Gasteiger partial charge on any atom is 0.138 e. The van der Waals surface area contributed by atoms with Crippen LogP contribution in [0.4, 0.5) is 0 Å². The lowest BCUT2D eigenvalue weighted by Crippen LogP contribution is -2.01. The lowest BCUT2D eigenvalue weighted by Gasteiger charge is -2.10. The fourth-order valence-electron chi connectivity index (χ4n) is 3.20. The quantitative estimate of drug-likeness (QED) is 0.353. The van der Waals surface area contributed by atoms with Crippen LogP contribution in [-0.4, -0.2) is 9.38 Å². The molecule has 0 fully saturated rings. The zero-order chi connectivity index (χ0) is 17.6. The Hall–Kier alpha value is -1.62. The van der Waals surface area contributed by atoms with Crippen molar-refractivity contribution in [2.45, 2.75) is 20.3 Å². The second-order valence-electron chi connectivity index (χ2n) is 6.15. The first-order valence-corrected chi connectivity index (χ1v) is 10.1. The first kappa shape index (κ1) is 16.8. The lowest BCUT2D eigenvalue weighted by molar-refractivity contribution is 0.974. The molecule has 0 amide bonds. The first-order chi connectivity index (χ1) is 12.0. The van der Waals surface area contributed by atoms with E-state index in [0.29, 0.717) is 0 Å². The normalized spacial score (nSPS) is 11.4. The Morgan fingerprint density at radius 2 is 2.04 bits per heavy atom. The molecule has 0 N–H and O–H groups in total. The van der Waals surface area contributed by atoms with E-state index in [9.17, 15) is 0 Å². The van der Waals surface area contributed by atoms with Crippen LogP contribution < -0.4 is 0 Å². The van der Waals surface area contributed by atoms with E-state index < -0.39 is 0 Å². The van der Waals surface area contributed by atoms with Crippen molar-refractivity contribution in [3.05, 3.63) is 79.2 Å². The number of thiophene rings is 1. The number of imidazole rings is 1. The van der Waals surface area contributed by atoms with Gasteiger partial charge >= 0.3 is 0 Å². The van der Waals surface area contributed by atoms with E-state index in [-0.39, 0.29) is 0 Å². The van der Waals surface area contributed by atoms with Crippen molar-refractivity contribution in [3.8, 4) is 11.3 Å². The monoisotopic (exact) mass is 430 g/mol. The number of fused-ring (bicyclic) bond motifs is 1. The highest BCUT2D eigenvalue weighted by Gasteiger charge is 2.18. The molecule has 25 heavy (non-hydrogen) atoms. The third kappa shape index (κ3) is 3.03. The van der Waals surface area contributed by atoms with Crippen LogP contribution in [0, 0.1) is 13.8 Å². The van der Waals surface area contributed by atoms with Crippen LogP contribution in [0.25, 0.3) is 16.9 Å². The third-order valence-corrected chi connectivity index (χ3v) is 6.56. The molecule has 0 saturated carbocycles. The highest BCUT2D eigenvalue weighted by Crippen LogP contribution is 2.32. The fourth-order valence-corrected chi connectivity index (χ4v) is 4.35. The maximum atomic E-state index is 6.23. The molecule has 0 aliphatic heterocycles. The van der Waals surface area contributed by atoms with Crippen molar-refractivity contribution in [3.63, 3.8) is 0 Å². The summed E-state index contributed by atoms with van der Waals surface area (Å²) in [7, 11) is 0. The second-order valence-corrected chi connectivity index (χ2v) is 8.16. The van der Waals surface area contributed by atoms with E-state index in [1.165, 1.54) is 22.5 Å². The summed E-state index contributed by atoms with van der Waals surface area (Å²) < 4.78 is 3.38. The minimum absolute atomic E-state index is 0.727. The topological polar surface area (TPSA) is 17.3 Å². The molecule has 5 heteroatoms. The molecule has 3 heterocycles. The number of nitrogens with zero attached hydrogens (tertiary/aromatic N) is 2. The molecule has 0 aliphatic rings. The van der Waals surface area contributed by atoms with Crippen LogP contribution in [-0.2, 0) is 6.42 Å². The second kappa shape index (κ2) is 6.60. The Labute approximate surface area is 164 Å². The highest BCUT2D eigenvalue weighted by molar-refractivity contribution is 9.10. The number of aromatic nitrogens is 2. The molecular formula is C20H16BrClN2S. The molecule has 0 aliphatic carbocycles. The fraction of sp³-hybridized carbons (Fsp3) is 0.150. The van der Waals surface area contributed by atoms with E-state index in [0.717, 1.165) is 32.8 Å². The molecule has 0 atom stereocenters. The van der Waals surface area contributed by atoms with E-state index in [1.54, 1.807) is 11.3 Å². The van der Waals surface area contributed by atoms with Crippen molar-refractivity contribution >= 4 is 44.5 Å². The summed E-state index contributed by atoms with van der Waals surface area (Å²) in [5.74, 6) is 0. The van der Waals surface area contributed by atoms with Gasteiger partial charge in [-0.2, -0.15) is 11.3 Å². The summed E-state index contributed by atoms with van der Waals surface area (Å²) in [6.07, 6.45) is 0.836. The minimum Gasteiger partial charge on any atom is -0.299 e. The van der Waals surface area contributed by atoms with Crippen LogP contribution >= 0.6 is 38.9 Å². The number of hydrogen-bond acceptors (Lipinski definition) is 2. The summed E-state index contributed by atoms with van der Waals surface area (Å²) in [4.78, 5) is 4.95. The molecular weight excluding hydrogens is 416 g/mol. The SMILES string of the molecule is Cc1cc2nc(-c3cccc(Cl)c3)c(Cc3ccsc3)n2c(C)c1Br. The summed E-state index contributed by atoms with van der Waals surface area (Å²) >= 11 is 11.7. The van der Waals surface area contributed by atoms with Crippen molar-refractivity contribution in [2.75, 3.05) is 0 Å². The largest absolute Gasteiger partial charge is 0.299 e. The van der Waals surface area contributed by atoms with Gasteiger partial charge in [0.25, 0.3) is 0 Å². The van der Waals surface area contributed by atoms with Gasteiger partial charge in [0.1, 0.15) is 5.65 Å². The summed E-state index contributed by atoms with van der Waals surface area (Å²) in [6.45, 7) is 4.23. The van der Waals surface area contributed by atoms with Gasteiger partial charge in [-0.3, -0.25) is 4.40 Å². The molecule has 3 aromatic heterocycles. The molecule has 4 aromatic rings. The van der Waals surface area contributed by atoms with E-state index in [1.807, 2.05) is 18.2 Å². The molecule has 2 nitrogen and oxygen atoms in total. The Morgan fingerprint density at radius 1 is 1.20 bits per heavy atom. The molecule has 0 unspecified atom stereocenters. The first-order valence-electron chi connectivity index (χ1n) is 7.98. The van der Waals surface area contributed by atoms with E-state index in [2.05, 4.69) is 63.1 Å². The third-order valence-electron chi connectivity index (χ3n) is 4.39. The van der Waals surface area contributed by atoms with Gasteiger partial charge in [0.05, 0.1) is 11.4 Å². The van der Waals surface area contributed by atoms with Gasteiger partial charge in [0, 0.05) is 27.2 Å². The summed E-state index contributed by atoms with van der Waals surface area (Å²) in [6, 6.07) is 12.2. The number of rotatable bonds is 3. The molecule has 0 bridgehead atoms. The van der Waals surface area contributed by atoms with Gasteiger partial charge in [0.2, 0.25) is 0 Å². The molecule has 0 saturated heterocycles. The predicted octanol–water partition coefficient (Wildman–Crippen LogP) is 6.69. The zero-order valence-electron chi connectivity index (χ0n) is 13.9. The zero-order valence-corrected chi connectivity index (χ0v) is 17.0. The Kier molecular flexibility index (Phi) is 4.44. The molecule has 1 aromatic carbocycles. The van der Waals surface area contributed by atoms with Gasteiger partial charge in [-0.15, -0.1) is 0 Å². The Balaban J connectivity index is 2.02. The van der Waals surface area contributed by atoms with Crippen LogP contribution in [0.2, 0.25) is 5.02 Å². The standard InChI is InChI=1S/C20H16BrClN2S/c1-12-8-18-23-20(15-4-3-5-16(22)10-15)17(9-14-6-7-25-11-14)24(18)13(2)19(12)21/h3-8,10-11H,9H2,1-2H3. The van der Waals surface area contributed by atoms with Gasteiger partial charge < -0.3 is 0 Å². The van der Waals surface area contributed by atoms with Crippen molar-refractivity contribution in [1.29, 1.82) is 0 Å². The van der Waals surface area contributed by atoms with Crippen LogP contribution in [0.5, 0.6) is 0 Å². The van der Waals surface area contributed by atoms with Crippen molar-refractivity contribution in [2.24, 2.45) is 0 Å². The molecule has 126 valence electrons. The maximum absolute atomic E-state index is 6.23. The van der Waals surface area contributed by atoms with Gasteiger partial charge in [0.15, 0.2) is 0 Å². The molecule has 4 rings (SSSR count). The average molecular weight is 432 g/mol. The number of hydrogen-bond donors (Lipinski definition) is 0. The van der Waals surface area contributed by atoms with Crippen molar-refractivity contribution in [1.82, 2.24) is 9.38 Å².